The molecule has 94 valence electrons. The lowest BCUT2D eigenvalue weighted by Crippen LogP contribution is -2.70. The maximum Gasteiger partial charge on any atom is 0.453 e. The fourth-order valence-electron chi connectivity index (χ4n) is 2.42. The minimum absolute atomic E-state index is 0.277. The second kappa shape index (κ2) is 3.42. The first kappa shape index (κ1) is 11.0. The van der Waals surface area contributed by atoms with Gasteiger partial charge in [0.25, 0.3) is 5.82 Å². The molecule has 2 fully saturated rings. The Hall–Kier alpha value is -1.15. The Balaban J connectivity index is 1.57. The summed E-state index contributed by atoms with van der Waals surface area (Å²) >= 11 is 0. The van der Waals surface area contributed by atoms with Gasteiger partial charge in [-0.2, -0.15) is 13.2 Å². The Labute approximate surface area is 95.4 Å². The molecule has 2 aliphatic rings. The van der Waals surface area contributed by atoms with Crippen molar-refractivity contribution in [1.82, 2.24) is 25.4 Å². The van der Waals surface area contributed by atoms with Crippen LogP contribution in [0.15, 0.2) is 0 Å². The number of H-pyrrole nitrogens is 1. The number of halogens is 3. The lowest BCUT2D eigenvalue weighted by atomic mass is 9.74. The highest BCUT2D eigenvalue weighted by atomic mass is 19.4. The average Bonchev–Trinajstić information content (AvgIpc) is 2.54. The average molecular weight is 247 g/mol. The minimum Gasteiger partial charge on any atom is -0.315 e. The lowest BCUT2D eigenvalue weighted by Gasteiger charge is -2.56. The van der Waals surface area contributed by atoms with Crippen molar-refractivity contribution in [1.29, 1.82) is 0 Å². The number of nitrogens with zero attached hydrogens (tertiary/aromatic N) is 3. The summed E-state index contributed by atoms with van der Waals surface area (Å²) < 4.78 is 36.8. The van der Waals surface area contributed by atoms with Crippen LogP contribution in [0, 0.1) is 5.41 Å². The highest BCUT2D eigenvalue weighted by Crippen LogP contribution is 2.34. The number of hydrogen-bond acceptors (Lipinski definition) is 4. The summed E-state index contributed by atoms with van der Waals surface area (Å²) in [7, 11) is 0. The number of hydrogen-bond donors (Lipinski definition) is 2. The van der Waals surface area contributed by atoms with Gasteiger partial charge in [0.15, 0.2) is 0 Å². The highest BCUT2D eigenvalue weighted by Gasteiger charge is 2.47. The molecule has 2 N–H and O–H groups in total. The van der Waals surface area contributed by atoms with Crippen LogP contribution in [0.1, 0.15) is 11.6 Å². The molecular formula is C9H12F3N5. The van der Waals surface area contributed by atoms with Crippen LogP contribution in [0.3, 0.4) is 0 Å². The number of aromatic amines is 1. The van der Waals surface area contributed by atoms with Gasteiger partial charge < -0.3 is 5.32 Å². The van der Waals surface area contributed by atoms with Crippen LogP contribution in [0.5, 0.6) is 0 Å². The Kier molecular flexibility index (Phi) is 2.21. The van der Waals surface area contributed by atoms with Crippen LogP contribution in [0.4, 0.5) is 13.2 Å². The van der Waals surface area contributed by atoms with E-state index in [2.05, 4.69) is 25.4 Å². The Morgan fingerprint density at radius 2 is 2.00 bits per heavy atom. The summed E-state index contributed by atoms with van der Waals surface area (Å²) in [5, 5.41) is 8.71. The van der Waals surface area contributed by atoms with E-state index in [0.29, 0.717) is 12.0 Å². The fourth-order valence-corrected chi connectivity index (χ4v) is 2.42. The van der Waals surface area contributed by atoms with E-state index in [-0.39, 0.29) is 5.82 Å². The number of likely N-dealkylation sites (tertiary alicyclic amines) is 1. The molecule has 3 rings (SSSR count). The molecular weight excluding hydrogens is 235 g/mol. The maximum atomic E-state index is 12.3. The molecule has 0 radical (unpaired) electrons. The smallest absolute Gasteiger partial charge is 0.315 e. The Morgan fingerprint density at radius 3 is 2.47 bits per heavy atom. The van der Waals surface area contributed by atoms with Crippen molar-refractivity contribution in [2.75, 3.05) is 26.2 Å². The van der Waals surface area contributed by atoms with Crippen molar-refractivity contribution >= 4 is 0 Å². The SMILES string of the molecule is FC(F)(F)c1n[nH]c(CN2CC3(CNC3)C2)n1. The van der Waals surface area contributed by atoms with E-state index >= 15 is 0 Å². The molecule has 17 heavy (non-hydrogen) atoms. The number of alkyl halides is 3. The number of rotatable bonds is 2. The first-order chi connectivity index (χ1) is 7.97. The number of nitrogens with one attached hydrogen (secondary N) is 2. The van der Waals surface area contributed by atoms with E-state index in [0.717, 1.165) is 26.2 Å². The molecule has 1 aromatic rings. The van der Waals surface area contributed by atoms with Gasteiger partial charge in [-0.1, -0.05) is 0 Å². The molecule has 0 aromatic carbocycles. The summed E-state index contributed by atoms with van der Waals surface area (Å²) in [5.41, 5.74) is 0.368. The van der Waals surface area contributed by atoms with Gasteiger partial charge in [0, 0.05) is 31.6 Å². The van der Waals surface area contributed by atoms with Gasteiger partial charge >= 0.3 is 6.18 Å². The van der Waals surface area contributed by atoms with Crippen molar-refractivity contribution < 1.29 is 13.2 Å². The zero-order chi connectivity index (χ0) is 12.1. The van der Waals surface area contributed by atoms with Crippen LogP contribution in [-0.2, 0) is 12.7 Å². The minimum atomic E-state index is -4.47. The summed E-state index contributed by atoms with van der Waals surface area (Å²) in [4.78, 5) is 5.52. The zero-order valence-electron chi connectivity index (χ0n) is 9.01. The second-order valence-corrected chi connectivity index (χ2v) is 4.85. The summed E-state index contributed by atoms with van der Waals surface area (Å²) in [6.07, 6.45) is -4.47. The molecule has 8 heteroatoms. The molecule has 2 aliphatic heterocycles. The van der Waals surface area contributed by atoms with Crippen LogP contribution >= 0.6 is 0 Å². The van der Waals surface area contributed by atoms with Gasteiger partial charge in [-0.25, -0.2) is 4.98 Å². The van der Waals surface area contributed by atoms with Crippen molar-refractivity contribution in [2.24, 2.45) is 5.41 Å². The monoisotopic (exact) mass is 247 g/mol. The molecule has 0 saturated carbocycles. The van der Waals surface area contributed by atoms with E-state index in [1.807, 2.05) is 0 Å². The highest BCUT2D eigenvalue weighted by molar-refractivity contribution is 5.05. The standard InChI is InChI=1S/C9H12F3N5/c10-9(11,12)7-14-6(15-16-7)1-17-4-8(5-17)2-13-3-8/h13H,1-5H2,(H,14,15,16). The zero-order valence-corrected chi connectivity index (χ0v) is 9.01. The Bertz CT molecular complexity index is 415. The van der Waals surface area contributed by atoms with E-state index in [1.165, 1.54) is 0 Å². The van der Waals surface area contributed by atoms with Gasteiger partial charge in [0.2, 0.25) is 0 Å². The van der Waals surface area contributed by atoms with Crippen molar-refractivity contribution in [3.63, 3.8) is 0 Å². The topological polar surface area (TPSA) is 56.8 Å². The van der Waals surface area contributed by atoms with E-state index in [4.69, 9.17) is 0 Å². The summed E-state index contributed by atoms with van der Waals surface area (Å²) in [6, 6.07) is 0. The van der Waals surface area contributed by atoms with Gasteiger partial charge in [0.05, 0.1) is 6.54 Å². The molecule has 0 unspecified atom stereocenters. The molecule has 5 nitrogen and oxygen atoms in total. The third kappa shape index (κ3) is 1.91. The molecule has 2 saturated heterocycles. The van der Waals surface area contributed by atoms with Crippen LogP contribution < -0.4 is 5.32 Å². The molecule has 0 aliphatic carbocycles. The molecule has 1 aromatic heterocycles. The van der Waals surface area contributed by atoms with E-state index in [1.54, 1.807) is 0 Å². The van der Waals surface area contributed by atoms with Gasteiger partial charge in [0.1, 0.15) is 5.82 Å². The van der Waals surface area contributed by atoms with E-state index in [9.17, 15) is 13.2 Å². The summed E-state index contributed by atoms with van der Waals surface area (Å²) in [6.45, 7) is 4.26. The third-order valence-corrected chi connectivity index (χ3v) is 3.28. The van der Waals surface area contributed by atoms with Crippen molar-refractivity contribution in [2.45, 2.75) is 12.7 Å². The van der Waals surface area contributed by atoms with Gasteiger partial charge in [-0.05, 0) is 0 Å². The first-order valence-corrected chi connectivity index (χ1v) is 5.38. The van der Waals surface area contributed by atoms with Crippen LogP contribution in [0.25, 0.3) is 0 Å². The quantitative estimate of drug-likeness (QED) is 0.785. The fraction of sp³-hybridized carbons (Fsp3) is 0.778. The van der Waals surface area contributed by atoms with Crippen LogP contribution in [-0.4, -0.2) is 46.3 Å². The normalized spacial score (nSPS) is 23.5. The van der Waals surface area contributed by atoms with Gasteiger partial charge in [-0.3, -0.25) is 10.00 Å². The second-order valence-electron chi connectivity index (χ2n) is 4.85. The predicted octanol–water partition coefficient (Wildman–Crippen LogP) is 0.229. The molecule has 0 amide bonds. The lowest BCUT2D eigenvalue weighted by molar-refractivity contribution is -0.144. The maximum absolute atomic E-state index is 12.3. The van der Waals surface area contributed by atoms with Crippen molar-refractivity contribution in [3.8, 4) is 0 Å². The largest absolute Gasteiger partial charge is 0.453 e. The summed E-state index contributed by atoms with van der Waals surface area (Å²) in [5.74, 6) is -0.812. The Morgan fingerprint density at radius 1 is 1.29 bits per heavy atom. The van der Waals surface area contributed by atoms with Crippen molar-refractivity contribution in [3.05, 3.63) is 11.6 Å². The molecule has 0 bridgehead atoms. The predicted molar refractivity (Wildman–Crippen MR) is 52.0 cm³/mol. The number of aromatic nitrogens is 3. The van der Waals surface area contributed by atoms with E-state index < -0.39 is 12.0 Å². The third-order valence-electron chi connectivity index (χ3n) is 3.28. The first-order valence-electron chi connectivity index (χ1n) is 5.38. The molecule has 3 heterocycles. The van der Waals surface area contributed by atoms with Gasteiger partial charge in [-0.15, -0.1) is 5.10 Å². The van der Waals surface area contributed by atoms with Crippen LogP contribution in [0.2, 0.25) is 0 Å². The molecule has 1 spiro atoms. The molecule has 0 atom stereocenters.